The third-order valence-electron chi connectivity index (χ3n) is 5.20. The van der Waals surface area contributed by atoms with Crippen molar-refractivity contribution in [2.45, 2.75) is 6.92 Å². The Morgan fingerprint density at radius 3 is 2.30 bits per heavy atom. The monoisotopic (exact) mass is 406 g/mol. The van der Waals surface area contributed by atoms with Gasteiger partial charge in [-0.3, -0.25) is 14.2 Å². The molecule has 0 saturated carbocycles. The molecule has 1 aliphatic rings. The smallest absolute Gasteiger partial charge is 0.351 e. The van der Waals surface area contributed by atoms with Gasteiger partial charge in [0.1, 0.15) is 5.82 Å². The lowest BCUT2D eigenvalue weighted by molar-refractivity contribution is 0.0735. The Morgan fingerprint density at radius 1 is 0.967 bits per heavy atom. The van der Waals surface area contributed by atoms with Crippen LogP contribution in [0.4, 0.5) is 5.82 Å². The van der Waals surface area contributed by atoms with Crippen molar-refractivity contribution in [2.75, 3.05) is 31.1 Å². The molecule has 154 valence electrons. The first-order valence-corrected chi connectivity index (χ1v) is 9.68. The van der Waals surface area contributed by atoms with Crippen molar-refractivity contribution in [3.8, 4) is 5.69 Å². The maximum Gasteiger partial charge on any atom is 0.351 e. The highest BCUT2D eigenvalue weighted by molar-refractivity contribution is 5.92. The number of anilines is 1. The molecule has 0 aliphatic carbocycles. The fourth-order valence-corrected chi connectivity index (χ4v) is 3.39. The quantitative estimate of drug-likeness (QED) is 0.632. The molecule has 2 aromatic heterocycles. The second kappa shape index (κ2) is 7.94. The zero-order chi connectivity index (χ0) is 21.3. The van der Waals surface area contributed by atoms with Crippen LogP contribution in [0.2, 0.25) is 0 Å². The van der Waals surface area contributed by atoms with Gasteiger partial charge in [-0.15, -0.1) is 0 Å². The van der Waals surface area contributed by atoms with E-state index in [1.807, 2.05) is 37.3 Å². The highest BCUT2D eigenvalue weighted by Crippen LogP contribution is 2.13. The summed E-state index contributed by atoms with van der Waals surface area (Å²) in [5, 5.41) is 4.14. The molecule has 0 unspecified atom stereocenters. The summed E-state index contributed by atoms with van der Waals surface area (Å²) in [5.41, 5.74) is -0.0289. The molecule has 3 heterocycles. The number of aromatic nitrogens is 4. The fourth-order valence-electron chi connectivity index (χ4n) is 3.39. The van der Waals surface area contributed by atoms with Gasteiger partial charge in [0.25, 0.3) is 11.5 Å². The van der Waals surface area contributed by atoms with E-state index in [1.54, 1.807) is 23.2 Å². The number of carbonyl (C=O) groups is 1. The predicted octanol–water partition coefficient (Wildman–Crippen LogP) is 0.597. The van der Waals surface area contributed by atoms with Crippen molar-refractivity contribution in [1.29, 1.82) is 0 Å². The molecule has 1 aromatic carbocycles. The largest absolute Gasteiger partial charge is 0.353 e. The molecule has 0 atom stereocenters. The van der Waals surface area contributed by atoms with Gasteiger partial charge in [-0.2, -0.15) is 9.78 Å². The van der Waals surface area contributed by atoms with Gasteiger partial charge >= 0.3 is 5.69 Å². The van der Waals surface area contributed by atoms with E-state index >= 15 is 0 Å². The SMILES string of the molecule is Cc1ccc(-n2nc(C(=O)N3CCN(c4ccccn4)CC3)c(=O)n(C)c2=O)cc1. The van der Waals surface area contributed by atoms with Gasteiger partial charge < -0.3 is 9.80 Å². The number of hydrogen-bond donors (Lipinski definition) is 0. The number of rotatable bonds is 3. The van der Waals surface area contributed by atoms with Crippen molar-refractivity contribution in [3.05, 3.63) is 80.8 Å². The van der Waals surface area contributed by atoms with Crippen LogP contribution in [0.25, 0.3) is 5.69 Å². The minimum Gasteiger partial charge on any atom is -0.353 e. The lowest BCUT2D eigenvalue weighted by atomic mass is 10.2. The minimum atomic E-state index is -0.694. The lowest BCUT2D eigenvalue weighted by Crippen LogP contribution is -2.51. The molecule has 1 saturated heterocycles. The Hall–Kier alpha value is -3.75. The summed E-state index contributed by atoms with van der Waals surface area (Å²) in [5.74, 6) is 0.378. The zero-order valence-electron chi connectivity index (χ0n) is 16.9. The van der Waals surface area contributed by atoms with Crippen molar-refractivity contribution < 1.29 is 4.79 Å². The summed E-state index contributed by atoms with van der Waals surface area (Å²) in [6, 6.07) is 12.8. The third-order valence-corrected chi connectivity index (χ3v) is 5.20. The van der Waals surface area contributed by atoms with E-state index in [0.29, 0.717) is 31.9 Å². The average Bonchev–Trinajstić information content (AvgIpc) is 2.79. The van der Waals surface area contributed by atoms with Crippen LogP contribution in [-0.4, -0.2) is 56.3 Å². The van der Waals surface area contributed by atoms with Crippen LogP contribution in [0.1, 0.15) is 16.1 Å². The molecule has 1 amide bonds. The van der Waals surface area contributed by atoms with Gasteiger partial charge in [-0.1, -0.05) is 23.8 Å². The number of benzene rings is 1. The Morgan fingerprint density at radius 2 is 1.67 bits per heavy atom. The van der Waals surface area contributed by atoms with Crippen molar-refractivity contribution in [2.24, 2.45) is 7.05 Å². The predicted molar refractivity (Wildman–Crippen MR) is 112 cm³/mol. The summed E-state index contributed by atoms with van der Waals surface area (Å²) in [6.07, 6.45) is 1.73. The summed E-state index contributed by atoms with van der Waals surface area (Å²) in [7, 11) is 1.35. The van der Waals surface area contributed by atoms with Gasteiger partial charge in [0.2, 0.25) is 5.69 Å². The number of amides is 1. The molecule has 4 rings (SSSR count). The second-order valence-corrected chi connectivity index (χ2v) is 7.21. The number of carbonyl (C=O) groups excluding carboxylic acids is 1. The van der Waals surface area contributed by atoms with E-state index in [0.717, 1.165) is 20.6 Å². The zero-order valence-corrected chi connectivity index (χ0v) is 16.9. The van der Waals surface area contributed by atoms with Crippen LogP contribution >= 0.6 is 0 Å². The molecule has 1 aliphatic heterocycles. The number of piperazine rings is 1. The van der Waals surface area contributed by atoms with Crippen LogP contribution in [-0.2, 0) is 7.05 Å². The standard InChI is InChI=1S/C21H22N6O3/c1-15-6-8-16(9-7-15)27-21(30)24(2)19(28)18(23-27)20(29)26-13-11-25(12-14-26)17-5-3-4-10-22-17/h3-10H,11-14H2,1-2H3. The summed E-state index contributed by atoms with van der Waals surface area (Å²) in [4.78, 5) is 46.2. The molecular weight excluding hydrogens is 384 g/mol. The van der Waals surface area contributed by atoms with Crippen LogP contribution < -0.4 is 16.1 Å². The second-order valence-electron chi connectivity index (χ2n) is 7.21. The molecule has 0 spiro atoms. The van der Waals surface area contributed by atoms with E-state index in [1.165, 1.54) is 7.05 Å². The Balaban J connectivity index is 1.61. The molecule has 30 heavy (non-hydrogen) atoms. The number of pyridine rings is 1. The molecular formula is C21H22N6O3. The molecule has 0 bridgehead atoms. The van der Waals surface area contributed by atoms with E-state index in [-0.39, 0.29) is 5.69 Å². The van der Waals surface area contributed by atoms with Gasteiger partial charge in [-0.05, 0) is 31.2 Å². The number of nitrogens with zero attached hydrogens (tertiary/aromatic N) is 6. The first kappa shape index (κ1) is 19.6. The summed E-state index contributed by atoms with van der Waals surface area (Å²) < 4.78 is 2.02. The van der Waals surface area contributed by atoms with Crippen LogP contribution in [0, 0.1) is 6.92 Å². The highest BCUT2D eigenvalue weighted by Gasteiger charge is 2.27. The fraction of sp³-hybridized carbons (Fsp3) is 0.286. The Labute approximate surface area is 172 Å². The van der Waals surface area contributed by atoms with Crippen molar-refractivity contribution in [3.63, 3.8) is 0 Å². The van der Waals surface area contributed by atoms with Crippen LogP contribution in [0.3, 0.4) is 0 Å². The van der Waals surface area contributed by atoms with Gasteiger partial charge in [0.05, 0.1) is 5.69 Å². The first-order chi connectivity index (χ1) is 14.5. The van der Waals surface area contributed by atoms with E-state index in [2.05, 4.69) is 15.0 Å². The minimum absolute atomic E-state index is 0.260. The molecule has 0 radical (unpaired) electrons. The number of hydrogen-bond acceptors (Lipinski definition) is 6. The normalized spacial score (nSPS) is 14.1. The lowest BCUT2D eigenvalue weighted by Gasteiger charge is -2.35. The molecule has 3 aromatic rings. The maximum absolute atomic E-state index is 13.1. The maximum atomic E-state index is 13.1. The van der Waals surface area contributed by atoms with Crippen molar-refractivity contribution in [1.82, 2.24) is 24.2 Å². The highest BCUT2D eigenvalue weighted by atomic mass is 16.2. The van der Waals surface area contributed by atoms with Crippen molar-refractivity contribution >= 4 is 11.7 Å². The Bertz CT molecular complexity index is 1180. The van der Waals surface area contributed by atoms with Gasteiger partial charge in [-0.25, -0.2) is 9.78 Å². The average molecular weight is 406 g/mol. The molecule has 1 fully saturated rings. The van der Waals surface area contributed by atoms with E-state index < -0.39 is 17.2 Å². The third kappa shape index (κ3) is 3.61. The van der Waals surface area contributed by atoms with Gasteiger partial charge in [0, 0.05) is 39.4 Å². The molecule has 0 N–H and O–H groups in total. The topological polar surface area (TPSA) is 93.3 Å². The Kier molecular flexibility index (Phi) is 5.18. The summed E-state index contributed by atoms with van der Waals surface area (Å²) in [6.45, 7) is 4.00. The van der Waals surface area contributed by atoms with Crippen LogP contribution in [0.15, 0.2) is 58.3 Å². The van der Waals surface area contributed by atoms with E-state index in [9.17, 15) is 14.4 Å². The summed E-state index contributed by atoms with van der Waals surface area (Å²) >= 11 is 0. The van der Waals surface area contributed by atoms with E-state index in [4.69, 9.17) is 0 Å². The molecule has 9 nitrogen and oxygen atoms in total. The number of aryl methyl sites for hydroxylation is 1. The first-order valence-electron chi connectivity index (χ1n) is 9.68. The van der Waals surface area contributed by atoms with Crippen LogP contribution in [0.5, 0.6) is 0 Å². The van der Waals surface area contributed by atoms with Gasteiger partial charge in [0.15, 0.2) is 0 Å². The molecule has 9 heteroatoms.